The van der Waals surface area contributed by atoms with Crippen molar-refractivity contribution in [1.29, 1.82) is 0 Å². The van der Waals surface area contributed by atoms with Crippen molar-refractivity contribution in [1.82, 2.24) is 4.98 Å². The second-order valence-electron chi connectivity index (χ2n) is 4.52. The van der Waals surface area contributed by atoms with E-state index in [2.05, 4.69) is 9.88 Å². The molecule has 0 radical (unpaired) electrons. The van der Waals surface area contributed by atoms with E-state index in [4.69, 9.17) is 11.5 Å². The highest BCUT2D eigenvalue weighted by molar-refractivity contribution is 5.91. The summed E-state index contributed by atoms with van der Waals surface area (Å²) in [4.78, 5) is 17.4. The lowest BCUT2D eigenvalue weighted by Crippen LogP contribution is -2.31. The van der Waals surface area contributed by atoms with Gasteiger partial charge in [-0.1, -0.05) is 12.8 Å². The number of rotatable bonds is 3. The summed E-state index contributed by atoms with van der Waals surface area (Å²) in [5, 5.41) is 0. The third kappa shape index (κ3) is 2.33. The number of aromatic nitrogens is 1. The van der Waals surface area contributed by atoms with Crippen LogP contribution >= 0.6 is 0 Å². The summed E-state index contributed by atoms with van der Waals surface area (Å²) in [6.07, 6.45) is 4.78. The highest BCUT2D eigenvalue weighted by Gasteiger charge is 2.22. The Labute approximate surface area is 101 Å². The molecule has 4 N–H and O–H groups in total. The first kappa shape index (κ1) is 11.7. The Morgan fingerprint density at radius 1 is 1.41 bits per heavy atom. The van der Waals surface area contributed by atoms with Crippen LogP contribution in [0.5, 0.6) is 0 Å². The van der Waals surface area contributed by atoms with Crippen LogP contribution in [-0.4, -0.2) is 24.0 Å². The van der Waals surface area contributed by atoms with Crippen LogP contribution in [-0.2, 0) is 0 Å². The number of anilines is 2. The number of hydrogen-bond donors (Lipinski definition) is 2. The van der Waals surface area contributed by atoms with Crippen LogP contribution in [0.25, 0.3) is 0 Å². The summed E-state index contributed by atoms with van der Waals surface area (Å²) in [5.41, 5.74) is 12.0. The quantitative estimate of drug-likeness (QED) is 0.821. The molecule has 1 heterocycles. The number of hydrogen-bond acceptors (Lipinski definition) is 4. The van der Waals surface area contributed by atoms with Gasteiger partial charge in [0, 0.05) is 13.1 Å². The normalized spacial score (nSPS) is 16.1. The molecule has 5 nitrogen and oxygen atoms in total. The summed E-state index contributed by atoms with van der Waals surface area (Å²) in [7, 11) is 1.97. The number of pyridine rings is 1. The fourth-order valence-electron chi connectivity index (χ4n) is 2.34. The van der Waals surface area contributed by atoms with Gasteiger partial charge < -0.3 is 16.4 Å². The van der Waals surface area contributed by atoms with E-state index >= 15 is 0 Å². The number of nitrogens with two attached hydrogens (primary N) is 2. The fourth-order valence-corrected chi connectivity index (χ4v) is 2.34. The molecule has 1 aromatic heterocycles. The first-order chi connectivity index (χ1) is 8.09. The third-order valence-electron chi connectivity index (χ3n) is 3.36. The van der Waals surface area contributed by atoms with Gasteiger partial charge in [0.2, 0.25) is 0 Å². The molecule has 0 atom stereocenters. The van der Waals surface area contributed by atoms with Crippen LogP contribution in [0.4, 0.5) is 11.5 Å². The smallest absolute Gasteiger partial charge is 0.267 e. The van der Waals surface area contributed by atoms with Crippen LogP contribution < -0.4 is 16.4 Å². The van der Waals surface area contributed by atoms with Crippen molar-refractivity contribution < 1.29 is 4.79 Å². The van der Waals surface area contributed by atoms with Crippen molar-refractivity contribution in [3.8, 4) is 0 Å². The molecule has 0 unspecified atom stereocenters. The zero-order valence-corrected chi connectivity index (χ0v) is 10.0. The second-order valence-corrected chi connectivity index (χ2v) is 4.52. The molecule has 0 saturated heterocycles. The van der Waals surface area contributed by atoms with Gasteiger partial charge in [0.1, 0.15) is 5.69 Å². The Balaban J connectivity index is 2.29. The van der Waals surface area contributed by atoms with Crippen LogP contribution in [0.2, 0.25) is 0 Å². The number of nitrogens with zero attached hydrogens (tertiary/aromatic N) is 2. The maximum absolute atomic E-state index is 11.1. The molecule has 1 saturated carbocycles. The first-order valence-corrected chi connectivity index (χ1v) is 5.88. The van der Waals surface area contributed by atoms with Crippen molar-refractivity contribution in [3.63, 3.8) is 0 Å². The Kier molecular flexibility index (Phi) is 3.17. The SMILES string of the molecule is CN(c1nc(C(N)=O)ccc1N)C1CCCC1. The van der Waals surface area contributed by atoms with E-state index in [0.29, 0.717) is 17.5 Å². The van der Waals surface area contributed by atoms with Crippen LogP contribution in [0.15, 0.2) is 12.1 Å². The average molecular weight is 234 g/mol. The predicted molar refractivity (Wildman–Crippen MR) is 67.8 cm³/mol. The second kappa shape index (κ2) is 4.61. The summed E-state index contributed by atoms with van der Waals surface area (Å²) in [6.45, 7) is 0. The lowest BCUT2D eigenvalue weighted by Gasteiger charge is -2.26. The van der Waals surface area contributed by atoms with Gasteiger partial charge in [-0.2, -0.15) is 0 Å². The molecular weight excluding hydrogens is 216 g/mol. The maximum Gasteiger partial charge on any atom is 0.267 e. The van der Waals surface area contributed by atoms with E-state index in [1.54, 1.807) is 12.1 Å². The molecule has 1 fully saturated rings. The molecule has 0 bridgehead atoms. The highest BCUT2D eigenvalue weighted by Crippen LogP contribution is 2.29. The minimum Gasteiger partial charge on any atom is -0.396 e. The molecule has 1 aliphatic carbocycles. The molecule has 0 aliphatic heterocycles. The van der Waals surface area contributed by atoms with Gasteiger partial charge in [-0.25, -0.2) is 4.98 Å². The molecule has 0 spiro atoms. The van der Waals surface area contributed by atoms with Crippen molar-refractivity contribution in [2.45, 2.75) is 31.7 Å². The molecule has 2 rings (SSSR count). The zero-order chi connectivity index (χ0) is 12.4. The van der Waals surface area contributed by atoms with Crippen LogP contribution in [0.3, 0.4) is 0 Å². The van der Waals surface area contributed by atoms with Gasteiger partial charge in [-0.15, -0.1) is 0 Å². The molecule has 5 heteroatoms. The van der Waals surface area contributed by atoms with Crippen molar-refractivity contribution in [2.24, 2.45) is 5.73 Å². The third-order valence-corrected chi connectivity index (χ3v) is 3.36. The Hall–Kier alpha value is -1.78. The van der Waals surface area contributed by atoms with E-state index in [1.165, 1.54) is 12.8 Å². The van der Waals surface area contributed by atoms with Crippen molar-refractivity contribution >= 4 is 17.4 Å². The minimum atomic E-state index is -0.522. The number of amides is 1. The van der Waals surface area contributed by atoms with Gasteiger partial charge in [0.05, 0.1) is 5.69 Å². The molecule has 92 valence electrons. The minimum absolute atomic E-state index is 0.263. The lowest BCUT2D eigenvalue weighted by atomic mass is 10.2. The number of primary amides is 1. The highest BCUT2D eigenvalue weighted by atomic mass is 16.1. The van der Waals surface area contributed by atoms with Crippen molar-refractivity contribution in [3.05, 3.63) is 17.8 Å². The topological polar surface area (TPSA) is 85.2 Å². The average Bonchev–Trinajstić information content (AvgIpc) is 2.81. The van der Waals surface area contributed by atoms with Crippen molar-refractivity contribution in [2.75, 3.05) is 17.7 Å². The molecular formula is C12H18N4O. The monoisotopic (exact) mass is 234 g/mol. The Bertz CT molecular complexity index is 427. The molecule has 17 heavy (non-hydrogen) atoms. The largest absolute Gasteiger partial charge is 0.396 e. The van der Waals surface area contributed by atoms with Crippen LogP contribution in [0, 0.1) is 0 Å². The molecule has 0 aromatic carbocycles. The van der Waals surface area contributed by atoms with Gasteiger partial charge in [-0.05, 0) is 25.0 Å². The van der Waals surface area contributed by atoms with E-state index in [0.717, 1.165) is 12.8 Å². The first-order valence-electron chi connectivity index (χ1n) is 5.88. The van der Waals surface area contributed by atoms with Crippen LogP contribution in [0.1, 0.15) is 36.2 Å². The van der Waals surface area contributed by atoms with Gasteiger partial charge >= 0.3 is 0 Å². The lowest BCUT2D eigenvalue weighted by molar-refractivity contribution is 0.0995. The Morgan fingerprint density at radius 2 is 2.06 bits per heavy atom. The van der Waals surface area contributed by atoms with E-state index in [9.17, 15) is 4.79 Å². The van der Waals surface area contributed by atoms with E-state index < -0.39 is 5.91 Å². The summed E-state index contributed by atoms with van der Waals surface area (Å²) < 4.78 is 0. The summed E-state index contributed by atoms with van der Waals surface area (Å²) in [6, 6.07) is 3.71. The fraction of sp³-hybridized carbons (Fsp3) is 0.500. The van der Waals surface area contributed by atoms with Gasteiger partial charge in [-0.3, -0.25) is 4.79 Å². The summed E-state index contributed by atoms with van der Waals surface area (Å²) in [5.74, 6) is 0.138. The maximum atomic E-state index is 11.1. The van der Waals surface area contributed by atoms with E-state index in [-0.39, 0.29) is 5.69 Å². The predicted octanol–water partition coefficient (Wildman–Crippen LogP) is 1.14. The molecule has 1 aliphatic rings. The number of carbonyl (C=O) groups excluding carboxylic acids is 1. The number of carbonyl (C=O) groups is 1. The molecule has 1 aromatic rings. The number of nitrogen functional groups attached to an aromatic ring is 1. The van der Waals surface area contributed by atoms with Gasteiger partial charge in [0.25, 0.3) is 5.91 Å². The molecule has 1 amide bonds. The standard InChI is InChI=1S/C12H18N4O/c1-16(8-4-2-3-5-8)12-9(13)6-7-10(15-12)11(14)17/h6-8H,2-5,13H2,1H3,(H2,14,17). The van der Waals surface area contributed by atoms with Gasteiger partial charge in [0.15, 0.2) is 5.82 Å². The summed E-state index contributed by atoms with van der Waals surface area (Å²) >= 11 is 0. The zero-order valence-electron chi connectivity index (χ0n) is 10.0. The Morgan fingerprint density at radius 3 is 2.65 bits per heavy atom. The van der Waals surface area contributed by atoms with E-state index in [1.807, 2.05) is 7.05 Å².